The molecular weight excluding hydrogens is 453 g/mol. The summed E-state index contributed by atoms with van der Waals surface area (Å²) in [6.07, 6.45) is 0. The number of rotatable bonds is 3. The molecule has 1 aliphatic rings. The van der Waals surface area contributed by atoms with Gasteiger partial charge in [0.1, 0.15) is 0 Å². The lowest BCUT2D eigenvalue weighted by molar-refractivity contribution is -0.113. The molecule has 2 aromatic carbocycles. The second-order valence-corrected chi connectivity index (χ2v) is 7.83. The van der Waals surface area contributed by atoms with Gasteiger partial charge in [0.15, 0.2) is 0 Å². The van der Waals surface area contributed by atoms with Gasteiger partial charge in [-0.2, -0.15) is 0 Å². The largest absolute Gasteiger partial charge is 0.326 e. The molecule has 8 heteroatoms. The predicted molar refractivity (Wildman–Crippen MR) is 111 cm³/mol. The smallest absolute Gasteiger partial charge is 0.322 e. The number of benzene rings is 2. The number of nitrogens with one attached hydrogen (secondary N) is 2. The molecular formula is C19H16BrCl2N3O2. The summed E-state index contributed by atoms with van der Waals surface area (Å²) >= 11 is 15.7. The first kappa shape index (κ1) is 19.7. The highest BCUT2D eigenvalue weighted by molar-refractivity contribution is 9.10. The van der Waals surface area contributed by atoms with Gasteiger partial charge in [0, 0.05) is 33.0 Å². The summed E-state index contributed by atoms with van der Waals surface area (Å²) in [7, 11) is 1.61. The number of carbonyl (C=O) groups is 2. The Morgan fingerprint density at radius 1 is 1.19 bits per heavy atom. The zero-order valence-corrected chi connectivity index (χ0v) is 17.6. The van der Waals surface area contributed by atoms with Crippen LogP contribution in [0.25, 0.3) is 0 Å². The summed E-state index contributed by atoms with van der Waals surface area (Å²) in [4.78, 5) is 26.8. The minimum atomic E-state index is -0.686. The molecule has 2 N–H and O–H groups in total. The molecule has 0 bridgehead atoms. The Kier molecular flexibility index (Phi) is 5.79. The van der Waals surface area contributed by atoms with Crippen LogP contribution in [0.5, 0.6) is 0 Å². The van der Waals surface area contributed by atoms with Crippen molar-refractivity contribution in [3.05, 3.63) is 73.8 Å². The second-order valence-electron chi connectivity index (χ2n) is 6.07. The van der Waals surface area contributed by atoms with Gasteiger partial charge < -0.3 is 15.5 Å². The van der Waals surface area contributed by atoms with Crippen molar-refractivity contribution in [2.24, 2.45) is 0 Å². The van der Waals surface area contributed by atoms with Crippen molar-refractivity contribution < 1.29 is 9.59 Å². The fourth-order valence-electron chi connectivity index (χ4n) is 2.83. The highest BCUT2D eigenvalue weighted by Crippen LogP contribution is 2.35. The van der Waals surface area contributed by atoms with E-state index in [4.69, 9.17) is 23.2 Å². The predicted octanol–water partition coefficient (Wildman–Crippen LogP) is 5.36. The lowest BCUT2D eigenvalue weighted by atomic mass is 9.94. The maximum atomic E-state index is 13.0. The van der Waals surface area contributed by atoms with E-state index in [1.807, 2.05) is 12.1 Å². The van der Waals surface area contributed by atoms with Crippen LogP contribution in [0.15, 0.2) is 58.2 Å². The van der Waals surface area contributed by atoms with Crippen LogP contribution in [0, 0.1) is 0 Å². The van der Waals surface area contributed by atoms with E-state index in [0.717, 1.165) is 4.47 Å². The van der Waals surface area contributed by atoms with E-state index < -0.39 is 6.04 Å². The van der Waals surface area contributed by atoms with Crippen LogP contribution in [-0.2, 0) is 4.79 Å². The number of halogens is 3. The zero-order valence-electron chi connectivity index (χ0n) is 14.5. The molecule has 0 saturated heterocycles. The van der Waals surface area contributed by atoms with Crippen molar-refractivity contribution in [1.82, 2.24) is 10.2 Å². The number of urea groups is 1. The fourth-order valence-corrected chi connectivity index (χ4v) is 3.61. The Morgan fingerprint density at radius 3 is 2.48 bits per heavy atom. The van der Waals surface area contributed by atoms with Crippen molar-refractivity contribution in [2.75, 3.05) is 12.4 Å². The Bertz CT molecular complexity index is 944. The van der Waals surface area contributed by atoms with E-state index >= 15 is 0 Å². The van der Waals surface area contributed by atoms with Gasteiger partial charge in [0.2, 0.25) is 0 Å². The Balaban J connectivity index is 2.02. The molecule has 0 spiro atoms. The molecule has 3 amide bonds. The molecule has 27 heavy (non-hydrogen) atoms. The summed E-state index contributed by atoms with van der Waals surface area (Å²) in [6.45, 7) is 1.73. The normalized spacial score (nSPS) is 17.0. The quantitative estimate of drug-likeness (QED) is 0.636. The molecule has 3 rings (SSSR count). The van der Waals surface area contributed by atoms with Crippen molar-refractivity contribution in [2.45, 2.75) is 13.0 Å². The van der Waals surface area contributed by atoms with E-state index in [9.17, 15) is 9.59 Å². The van der Waals surface area contributed by atoms with Crippen molar-refractivity contribution in [1.29, 1.82) is 0 Å². The molecule has 5 nitrogen and oxygen atoms in total. The first-order valence-electron chi connectivity index (χ1n) is 8.05. The number of nitrogens with zero attached hydrogens (tertiary/aromatic N) is 1. The van der Waals surface area contributed by atoms with Crippen LogP contribution in [0.4, 0.5) is 10.5 Å². The second kappa shape index (κ2) is 7.92. The van der Waals surface area contributed by atoms with Gasteiger partial charge in [-0.3, -0.25) is 4.79 Å². The number of anilines is 1. The van der Waals surface area contributed by atoms with Gasteiger partial charge in [-0.25, -0.2) is 4.79 Å². The molecule has 1 aliphatic heterocycles. The first-order chi connectivity index (χ1) is 12.8. The number of hydrogen-bond acceptors (Lipinski definition) is 2. The third-order valence-electron chi connectivity index (χ3n) is 4.37. The molecule has 0 radical (unpaired) electrons. The van der Waals surface area contributed by atoms with Crippen LogP contribution < -0.4 is 10.6 Å². The lowest BCUT2D eigenvalue weighted by Crippen LogP contribution is -2.46. The molecule has 0 saturated carbocycles. The zero-order chi connectivity index (χ0) is 19.7. The van der Waals surface area contributed by atoms with E-state index in [-0.39, 0.29) is 11.9 Å². The fraction of sp³-hybridized carbons (Fsp3) is 0.158. The first-order valence-corrected chi connectivity index (χ1v) is 9.59. The Morgan fingerprint density at radius 2 is 1.85 bits per heavy atom. The van der Waals surface area contributed by atoms with E-state index in [1.165, 1.54) is 4.90 Å². The third-order valence-corrected chi connectivity index (χ3v) is 5.47. The number of carbonyl (C=O) groups excluding carboxylic acids is 2. The van der Waals surface area contributed by atoms with E-state index in [0.29, 0.717) is 32.6 Å². The minimum Gasteiger partial charge on any atom is -0.326 e. The molecule has 140 valence electrons. The van der Waals surface area contributed by atoms with Crippen molar-refractivity contribution >= 4 is 56.8 Å². The summed E-state index contributed by atoms with van der Waals surface area (Å²) in [5, 5.41) is 6.55. The average molecular weight is 469 g/mol. The Hall–Kier alpha value is -2.02. The number of allylic oxidation sites excluding steroid dienone is 1. The molecule has 0 aromatic heterocycles. The standard InChI is InChI=1S/C19H16BrCl2N3O2/c1-10-16(18(26)23-13-6-3-11(20)4-7-13)17(24-19(27)25(10)2)14-8-5-12(21)9-15(14)22/h3-9,17H,1-2H3,(H,23,26)(H,24,27)/t17-/m0/s1. The molecule has 0 aliphatic carbocycles. The highest BCUT2D eigenvalue weighted by Gasteiger charge is 2.35. The minimum absolute atomic E-state index is 0.316. The Labute approximate surface area is 175 Å². The van der Waals surface area contributed by atoms with Gasteiger partial charge in [0.25, 0.3) is 5.91 Å². The van der Waals surface area contributed by atoms with Gasteiger partial charge in [-0.1, -0.05) is 45.2 Å². The SMILES string of the molecule is CC1=C(C(=O)Nc2ccc(Br)cc2)[C@H](c2ccc(Cl)cc2Cl)NC(=O)N1C. The summed E-state index contributed by atoms with van der Waals surface area (Å²) in [6, 6.07) is 11.2. The molecule has 1 heterocycles. The third kappa shape index (κ3) is 4.13. The molecule has 1 atom stereocenters. The highest BCUT2D eigenvalue weighted by atomic mass is 79.9. The average Bonchev–Trinajstić information content (AvgIpc) is 2.61. The van der Waals surface area contributed by atoms with E-state index in [1.54, 1.807) is 44.3 Å². The van der Waals surface area contributed by atoms with Crippen molar-refractivity contribution in [3.63, 3.8) is 0 Å². The monoisotopic (exact) mass is 467 g/mol. The van der Waals surface area contributed by atoms with Crippen LogP contribution in [0.2, 0.25) is 10.0 Å². The maximum absolute atomic E-state index is 13.0. The lowest BCUT2D eigenvalue weighted by Gasteiger charge is -2.34. The maximum Gasteiger partial charge on any atom is 0.322 e. The van der Waals surface area contributed by atoms with Gasteiger partial charge >= 0.3 is 6.03 Å². The molecule has 2 aromatic rings. The van der Waals surface area contributed by atoms with Gasteiger partial charge in [-0.05, 0) is 48.9 Å². The van der Waals surface area contributed by atoms with Crippen LogP contribution >= 0.6 is 39.1 Å². The van der Waals surface area contributed by atoms with Gasteiger partial charge in [-0.15, -0.1) is 0 Å². The number of hydrogen-bond donors (Lipinski definition) is 2. The topological polar surface area (TPSA) is 61.4 Å². The van der Waals surface area contributed by atoms with Crippen LogP contribution in [0.3, 0.4) is 0 Å². The summed E-state index contributed by atoms with van der Waals surface area (Å²) < 4.78 is 0.909. The molecule has 0 fully saturated rings. The summed E-state index contributed by atoms with van der Waals surface area (Å²) in [5.74, 6) is -0.322. The molecule has 0 unspecified atom stereocenters. The van der Waals surface area contributed by atoms with Crippen LogP contribution in [0.1, 0.15) is 18.5 Å². The number of amides is 3. The van der Waals surface area contributed by atoms with Crippen molar-refractivity contribution in [3.8, 4) is 0 Å². The van der Waals surface area contributed by atoms with Crippen LogP contribution in [-0.4, -0.2) is 23.9 Å². The van der Waals surface area contributed by atoms with E-state index in [2.05, 4.69) is 26.6 Å². The summed E-state index contributed by atoms with van der Waals surface area (Å²) in [5.41, 5.74) is 2.19. The van der Waals surface area contributed by atoms with Gasteiger partial charge in [0.05, 0.1) is 11.6 Å².